The molecule has 13 heavy (non-hydrogen) atoms. The lowest BCUT2D eigenvalue weighted by molar-refractivity contribution is -0.133. The van der Waals surface area contributed by atoms with E-state index in [1.54, 1.807) is 6.92 Å². The number of carbonyl (C=O) groups is 1. The van der Waals surface area contributed by atoms with Gasteiger partial charge in [0.25, 0.3) is 0 Å². The lowest BCUT2D eigenvalue weighted by Crippen LogP contribution is -2.26. The molecule has 0 fully saturated rings. The lowest BCUT2D eigenvalue weighted by Gasteiger charge is -2.25. The Balaban J connectivity index is 4.71. The van der Waals surface area contributed by atoms with Gasteiger partial charge >= 0.3 is 5.97 Å². The van der Waals surface area contributed by atoms with E-state index < -0.39 is 11.4 Å². The number of hydrogen-bond donors (Lipinski definition) is 1. The minimum Gasteiger partial charge on any atom is -0.478 e. The van der Waals surface area contributed by atoms with Crippen molar-refractivity contribution in [2.75, 3.05) is 6.54 Å². The van der Waals surface area contributed by atoms with Crippen LogP contribution in [0.25, 0.3) is 0 Å². The second kappa shape index (κ2) is 4.58. The molecule has 4 heteroatoms. The molecule has 0 heterocycles. The average Bonchev–Trinajstić information content (AvgIpc) is 2.12. The van der Waals surface area contributed by atoms with Crippen molar-refractivity contribution in [3.63, 3.8) is 0 Å². The molecule has 1 atom stereocenters. The second-order valence-corrected chi connectivity index (χ2v) is 3.11. The van der Waals surface area contributed by atoms with Crippen LogP contribution in [0.3, 0.4) is 0 Å². The summed E-state index contributed by atoms with van der Waals surface area (Å²) < 4.78 is 0. The van der Waals surface area contributed by atoms with Crippen molar-refractivity contribution in [3.05, 3.63) is 12.2 Å². The van der Waals surface area contributed by atoms with Gasteiger partial charge in [0.1, 0.15) is 0 Å². The van der Waals surface area contributed by atoms with Crippen molar-refractivity contribution in [2.24, 2.45) is 10.4 Å². The topological polar surface area (TPSA) is 66.7 Å². The van der Waals surface area contributed by atoms with E-state index in [2.05, 4.69) is 11.6 Å². The summed E-state index contributed by atoms with van der Waals surface area (Å²) in [5.74, 6) is -1.05. The molecule has 0 aliphatic heterocycles. The highest BCUT2D eigenvalue weighted by molar-refractivity contribution is 5.87. The Kier molecular flexibility index (Phi) is 4.08. The largest absolute Gasteiger partial charge is 0.478 e. The van der Waals surface area contributed by atoms with Gasteiger partial charge in [0.15, 0.2) is 0 Å². The first-order valence-corrected chi connectivity index (χ1v) is 3.94. The molecule has 0 spiro atoms. The molecule has 0 saturated heterocycles. The minimum absolute atomic E-state index is 0.0778. The van der Waals surface area contributed by atoms with Crippen LogP contribution in [0.2, 0.25) is 0 Å². The molecule has 0 amide bonds. The highest BCUT2D eigenvalue weighted by Crippen LogP contribution is 2.29. The van der Waals surface area contributed by atoms with Crippen molar-refractivity contribution < 1.29 is 14.7 Å². The normalized spacial score (nSPS) is 14.0. The molecule has 4 nitrogen and oxygen atoms in total. The number of nitrogens with zero attached hydrogens (tertiary/aromatic N) is 1. The Bertz CT molecular complexity index is 266. The predicted molar refractivity (Wildman–Crippen MR) is 48.2 cm³/mol. The van der Waals surface area contributed by atoms with E-state index in [0.29, 0.717) is 6.42 Å². The smallest absolute Gasteiger partial charge is 0.331 e. The van der Waals surface area contributed by atoms with E-state index in [0.717, 1.165) is 0 Å². The molecule has 0 bridgehead atoms. The van der Waals surface area contributed by atoms with Crippen LogP contribution in [0.4, 0.5) is 0 Å². The Labute approximate surface area is 77.0 Å². The minimum atomic E-state index is -1.05. The van der Waals surface area contributed by atoms with Crippen LogP contribution >= 0.6 is 0 Å². The van der Waals surface area contributed by atoms with Crippen molar-refractivity contribution in [2.45, 2.75) is 20.3 Å². The van der Waals surface area contributed by atoms with Crippen LogP contribution in [-0.2, 0) is 9.59 Å². The van der Waals surface area contributed by atoms with Gasteiger partial charge in [-0.1, -0.05) is 20.4 Å². The number of carboxylic acids is 1. The average molecular weight is 183 g/mol. The lowest BCUT2D eigenvalue weighted by atomic mass is 9.80. The molecule has 0 aromatic heterocycles. The number of carboxylic acid groups (broad SMARTS) is 1. The van der Waals surface area contributed by atoms with Crippen LogP contribution in [0.5, 0.6) is 0 Å². The maximum absolute atomic E-state index is 10.6. The maximum atomic E-state index is 10.6. The number of rotatable bonds is 5. The molecule has 1 N–H and O–H groups in total. The summed E-state index contributed by atoms with van der Waals surface area (Å²) in [4.78, 5) is 23.9. The first-order chi connectivity index (χ1) is 5.98. The number of aliphatic carboxylic acids is 1. The molecule has 0 radical (unpaired) electrons. The molecule has 0 rings (SSSR count). The van der Waals surface area contributed by atoms with Gasteiger partial charge in [-0.25, -0.2) is 14.6 Å². The fourth-order valence-electron chi connectivity index (χ4n) is 0.886. The van der Waals surface area contributed by atoms with E-state index in [-0.39, 0.29) is 12.1 Å². The van der Waals surface area contributed by atoms with E-state index in [9.17, 15) is 9.59 Å². The molecule has 0 aromatic carbocycles. The Morgan fingerprint density at radius 3 is 2.54 bits per heavy atom. The molecular formula is C9H13NO3. The summed E-state index contributed by atoms with van der Waals surface area (Å²) >= 11 is 0. The molecule has 0 aliphatic carbocycles. The zero-order chi connectivity index (χ0) is 10.5. The molecule has 0 aromatic rings. The Hall–Kier alpha value is -1.41. The van der Waals surface area contributed by atoms with Crippen LogP contribution < -0.4 is 0 Å². The van der Waals surface area contributed by atoms with Gasteiger partial charge in [-0.05, 0) is 6.42 Å². The summed E-state index contributed by atoms with van der Waals surface area (Å²) in [6.45, 7) is 7.12. The van der Waals surface area contributed by atoms with Crippen molar-refractivity contribution >= 4 is 12.0 Å². The van der Waals surface area contributed by atoms with Crippen molar-refractivity contribution in [1.82, 2.24) is 0 Å². The molecule has 72 valence electrons. The van der Waals surface area contributed by atoms with Crippen LogP contribution in [0.15, 0.2) is 17.1 Å². The Morgan fingerprint density at radius 2 is 2.23 bits per heavy atom. The molecule has 0 saturated carbocycles. The number of hydrogen-bond acceptors (Lipinski definition) is 3. The standard InChI is InChI=1S/C9H13NO3/c1-4-9(3,5-10-6-11)7(2)8(12)13/h2,4-5H2,1,3H3,(H,12,13). The van der Waals surface area contributed by atoms with Crippen molar-refractivity contribution in [3.8, 4) is 0 Å². The fraction of sp³-hybridized carbons (Fsp3) is 0.556. The third-order valence-corrected chi connectivity index (χ3v) is 2.26. The fourth-order valence-corrected chi connectivity index (χ4v) is 0.886. The summed E-state index contributed by atoms with van der Waals surface area (Å²) in [7, 11) is 0. The maximum Gasteiger partial charge on any atom is 0.331 e. The number of carbonyl (C=O) groups excluding carboxylic acids is 1. The first-order valence-electron chi connectivity index (χ1n) is 3.94. The third kappa shape index (κ3) is 2.84. The second-order valence-electron chi connectivity index (χ2n) is 3.11. The molecule has 0 aliphatic rings. The van der Waals surface area contributed by atoms with E-state index in [1.165, 1.54) is 6.08 Å². The highest BCUT2D eigenvalue weighted by atomic mass is 16.4. The zero-order valence-electron chi connectivity index (χ0n) is 7.83. The van der Waals surface area contributed by atoms with E-state index >= 15 is 0 Å². The monoisotopic (exact) mass is 183 g/mol. The third-order valence-electron chi connectivity index (χ3n) is 2.26. The first kappa shape index (κ1) is 11.6. The van der Waals surface area contributed by atoms with Gasteiger partial charge in [-0.2, -0.15) is 0 Å². The van der Waals surface area contributed by atoms with Gasteiger partial charge in [-0.15, -0.1) is 0 Å². The summed E-state index contributed by atoms with van der Waals surface area (Å²) in [6.07, 6.45) is 1.97. The summed E-state index contributed by atoms with van der Waals surface area (Å²) in [5.41, 5.74) is -0.572. The van der Waals surface area contributed by atoms with Crippen LogP contribution in [-0.4, -0.2) is 23.7 Å². The van der Waals surface area contributed by atoms with Crippen molar-refractivity contribution in [1.29, 1.82) is 0 Å². The SMILES string of the molecule is C=C(C(=O)O)C(C)(CC)CN=C=O. The molecule has 1 unspecified atom stereocenters. The quantitative estimate of drug-likeness (QED) is 0.397. The van der Waals surface area contributed by atoms with Gasteiger partial charge in [-0.3, -0.25) is 0 Å². The predicted octanol–water partition coefficient (Wildman–Crippen LogP) is 1.38. The van der Waals surface area contributed by atoms with Gasteiger partial charge in [0.05, 0.1) is 6.54 Å². The zero-order valence-corrected chi connectivity index (χ0v) is 7.83. The summed E-state index contributed by atoms with van der Waals surface area (Å²) in [5, 5.41) is 8.71. The van der Waals surface area contributed by atoms with Gasteiger partial charge < -0.3 is 5.11 Å². The summed E-state index contributed by atoms with van der Waals surface area (Å²) in [6, 6.07) is 0. The number of aliphatic imine (C=N–C) groups is 1. The number of isocyanates is 1. The van der Waals surface area contributed by atoms with Crippen LogP contribution in [0, 0.1) is 5.41 Å². The highest BCUT2D eigenvalue weighted by Gasteiger charge is 2.29. The Morgan fingerprint density at radius 1 is 1.69 bits per heavy atom. The van der Waals surface area contributed by atoms with Gasteiger partial charge in [0, 0.05) is 11.0 Å². The van der Waals surface area contributed by atoms with E-state index in [4.69, 9.17) is 5.11 Å². The van der Waals surface area contributed by atoms with Gasteiger partial charge in [0.2, 0.25) is 6.08 Å². The van der Waals surface area contributed by atoms with Crippen LogP contribution in [0.1, 0.15) is 20.3 Å². The van der Waals surface area contributed by atoms with E-state index in [1.807, 2.05) is 6.92 Å². The molecular weight excluding hydrogens is 170 g/mol.